The maximum Gasteiger partial charge on any atom is 0.491 e. The molecule has 3 nitrogen and oxygen atoms in total. The van der Waals surface area contributed by atoms with Crippen LogP contribution in [0.15, 0.2) is 23.7 Å². The highest BCUT2D eigenvalue weighted by Gasteiger charge is 2.52. The van der Waals surface area contributed by atoms with E-state index in [1.807, 2.05) is 27.7 Å². The first-order valence-corrected chi connectivity index (χ1v) is 7.26. The quantitative estimate of drug-likeness (QED) is 0.870. The first kappa shape index (κ1) is 16.5. The molecule has 0 aliphatic carbocycles. The third-order valence-corrected chi connectivity index (χ3v) is 4.51. The summed E-state index contributed by atoms with van der Waals surface area (Å²) in [5.41, 5.74) is 6.19. The van der Waals surface area contributed by atoms with Crippen molar-refractivity contribution in [1.82, 2.24) is 0 Å². The van der Waals surface area contributed by atoms with E-state index in [-0.39, 0.29) is 11.6 Å². The lowest BCUT2D eigenvalue weighted by atomic mass is 9.77. The first-order valence-electron chi connectivity index (χ1n) is 6.88. The second-order valence-electron chi connectivity index (χ2n) is 6.15. The minimum atomic E-state index is -0.556. The van der Waals surface area contributed by atoms with Crippen LogP contribution >= 0.6 is 11.6 Å². The lowest BCUT2D eigenvalue weighted by Crippen LogP contribution is -2.41. The van der Waals surface area contributed by atoms with Gasteiger partial charge in [-0.25, -0.2) is 4.39 Å². The van der Waals surface area contributed by atoms with Gasteiger partial charge in [-0.1, -0.05) is 29.8 Å². The summed E-state index contributed by atoms with van der Waals surface area (Å²) in [7, 11) is -0.556. The van der Waals surface area contributed by atoms with Gasteiger partial charge in [-0.05, 0) is 44.8 Å². The largest absolute Gasteiger partial charge is 0.491 e. The number of rotatable bonds is 3. The molecule has 1 aromatic rings. The van der Waals surface area contributed by atoms with E-state index in [1.54, 1.807) is 18.2 Å². The van der Waals surface area contributed by atoms with E-state index >= 15 is 0 Å². The molecule has 114 valence electrons. The second-order valence-corrected chi connectivity index (χ2v) is 6.53. The summed E-state index contributed by atoms with van der Waals surface area (Å²) < 4.78 is 25.4. The number of halogens is 2. The van der Waals surface area contributed by atoms with Crippen LogP contribution in [0.3, 0.4) is 0 Å². The van der Waals surface area contributed by atoms with Crippen LogP contribution in [0, 0.1) is 5.82 Å². The zero-order valence-electron chi connectivity index (χ0n) is 12.7. The summed E-state index contributed by atoms with van der Waals surface area (Å²) in [5, 5.41) is 0.0694. The monoisotopic (exact) mass is 311 g/mol. The predicted octanol–water partition coefficient (Wildman–Crippen LogP) is 3.45. The molecular formula is C15H20BClFNO2. The van der Waals surface area contributed by atoms with Crippen molar-refractivity contribution in [2.75, 3.05) is 6.54 Å². The average molecular weight is 312 g/mol. The standard InChI is InChI=1S/C15H20BClFNO2/c1-14(2)15(3,4)21-16(20-14)11(9-19)8-10-6-5-7-12(18)13(10)17/h5-8H,9,19H2,1-4H3. The van der Waals surface area contributed by atoms with Crippen LogP contribution in [0.4, 0.5) is 4.39 Å². The van der Waals surface area contributed by atoms with Crippen molar-refractivity contribution in [1.29, 1.82) is 0 Å². The Bertz CT molecular complexity index is 559. The minimum Gasteiger partial charge on any atom is -0.400 e. The van der Waals surface area contributed by atoms with E-state index in [9.17, 15) is 4.39 Å². The van der Waals surface area contributed by atoms with E-state index in [0.29, 0.717) is 5.56 Å². The molecule has 6 heteroatoms. The average Bonchev–Trinajstić information content (AvgIpc) is 2.60. The number of benzene rings is 1. The summed E-state index contributed by atoms with van der Waals surface area (Å²) in [5.74, 6) is -0.462. The van der Waals surface area contributed by atoms with Crippen molar-refractivity contribution >= 4 is 24.8 Å². The third-order valence-electron chi connectivity index (χ3n) is 4.11. The first-order chi connectivity index (χ1) is 9.68. The van der Waals surface area contributed by atoms with Gasteiger partial charge < -0.3 is 15.0 Å². The maximum absolute atomic E-state index is 13.5. The highest BCUT2D eigenvalue weighted by molar-refractivity contribution is 6.56. The van der Waals surface area contributed by atoms with Gasteiger partial charge in [0.25, 0.3) is 0 Å². The Morgan fingerprint density at radius 3 is 2.38 bits per heavy atom. The molecule has 1 aliphatic heterocycles. The third kappa shape index (κ3) is 3.16. The number of hydrogen-bond acceptors (Lipinski definition) is 3. The second kappa shape index (κ2) is 5.73. The van der Waals surface area contributed by atoms with Gasteiger partial charge in [-0.3, -0.25) is 0 Å². The van der Waals surface area contributed by atoms with Crippen molar-refractivity contribution in [3.05, 3.63) is 40.1 Å². The van der Waals surface area contributed by atoms with Crippen molar-refractivity contribution < 1.29 is 13.7 Å². The van der Waals surface area contributed by atoms with Crippen LogP contribution in [0.5, 0.6) is 0 Å². The lowest BCUT2D eigenvalue weighted by molar-refractivity contribution is 0.00578. The van der Waals surface area contributed by atoms with Crippen molar-refractivity contribution in [2.24, 2.45) is 5.73 Å². The summed E-state index contributed by atoms with van der Waals surface area (Å²) in [6.45, 7) is 8.11. The van der Waals surface area contributed by atoms with Crippen LogP contribution in [-0.4, -0.2) is 24.9 Å². The van der Waals surface area contributed by atoms with Crippen LogP contribution in [0.25, 0.3) is 6.08 Å². The van der Waals surface area contributed by atoms with Crippen molar-refractivity contribution in [2.45, 2.75) is 38.9 Å². The molecule has 0 radical (unpaired) electrons. The van der Waals surface area contributed by atoms with Gasteiger partial charge in [-0.15, -0.1) is 0 Å². The summed E-state index contributed by atoms with van der Waals surface area (Å²) >= 11 is 5.97. The highest BCUT2D eigenvalue weighted by Crippen LogP contribution is 2.38. The van der Waals surface area contributed by atoms with E-state index in [1.165, 1.54) is 6.07 Å². The Morgan fingerprint density at radius 2 is 1.86 bits per heavy atom. The van der Waals surface area contributed by atoms with Gasteiger partial charge in [-0.2, -0.15) is 0 Å². The van der Waals surface area contributed by atoms with Gasteiger partial charge in [0, 0.05) is 6.54 Å². The van der Waals surface area contributed by atoms with E-state index in [2.05, 4.69) is 0 Å². The van der Waals surface area contributed by atoms with Crippen LogP contribution in [-0.2, 0) is 9.31 Å². The van der Waals surface area contributed by atoms with E-state index < -0.39 is 24.1 Å². The normalized spacial score (nSPS) is 20.9. The van der Waals surface area contributed by atoms with E-state index in [4.69, 9.17) is 26.6 Å². The highest BCUT2D eigenvalue weighted by atomic mass is 35.5. The Morgan fingerprint density at radius 1 is 1.29 bits per heavy atom. The summed E-state index contributed by atoms with van der Waals surface area (Å²) in [6, 6.07) is 4.65. The Labute approximate surface area is 130 Å². The topological polar surface area (TPSA) is 44.5 Å². The predicted molar refractivity (Wildman–Crippen MR) is 84.5 cm³/mol. The molecule has 2 rings (SSSR count). The van der Waals surface area contributed by atoms with Gasteiger partial charge in [0.15, 0.2) is 0 Å². The molecule has 1 saturated heterocycles. The zero-order valence-corrected chi connectivity index (χ0v) is 13.5. The summed E-state index contributed by atoms with van der Waals surface area (Å²) in [6.07, 6.45) is 1.73. The molecule has 21 heavy (non-hydrogen) atoms. The molecule has 1 heterocycles. The molecule has 0 unspecified atom stereocenters. The van der Waals surface area contributed by atoms with Gasteiger partial charge >= 0.3 is 7.12 Å². The Hall–Kier alpha value is -0.875. The number of hydrogen-bond donors (Lipinski definition) is 1. The molecule has 2 N–H and O–H groups in total. The van der Waals surface area contributed by atoms with Gasteiger partial charge in [0.2, 0.25) is 0 Å². The Balaban J connectivity index is 2.33. The maximum atomic E-state index is 13.5. The summed E-state index contributed by atoms with van der Waals surface area (Å²) in [4.78, 5) is 0. The SMILES string of the molecule is CC1(C)OB(C(=Cc2cccc(F)c2Cl)CN)OC1(C)C. The molecule has 0 bridgehead atoms. The van der Waals surface area contributed by atoms with E-state index in [0.717, 1.165) is 5.47 Å². The fourth-order valence-corrected chi connectivity index (χ4v) is 2.23. The smallest absolute Gasteiger partial charge is 0.400 e. The fourth-order valence-electron chi connectivity index (χ4n) is 2.05. The lowest BCUT2D eigenvalue weighted by Gasteiger charge is -2.32. The molecule has 1 aliphatic rings. The Kier molecular flexibility index (Phi) is 4.50. The minimum absolute atomic E-state index is 0.0694. The van der Waals surface area contributed by atoms with Gasteiger partial charge in [0.05, 0.1) is 16.2 Å². The molecule has 0 aromatic heterocycles. The molecule has 1 fully saturated rings. The molecule has 1 aromatic carbocycles. The fraction of sp³-hybridized carbons (Fsp3) is 0.467. The molecule has 0 saturated carbocycles. The number of nitrogens with two attached hydrogens (primary N) is 1. The van der Waals surface area contributed by atoms with Gasteiger partial charge in [0.1, 0.15) is 5.82 Å². The molecule has 0 atom stereocenters. The van der Waals surface area contributed by atoms with Crippen LogP contribution < -0.4 is 5.73 Å². The molecule has 0 amide bonds. The van der Waals surface area contributed by atoms with Crippen LogP contribution in [0.1, 0.15) is 33.3 Å². The van der Waals surface area contributed by atoms with Crippen molar-refractivity contribution in [3.8, 4) is 0 Å². The van der Waals surface area contributed by atoms with Crippen LogP contribution in [0.2, 0.25) is 5.02 Å². The van der Waals surface area contributed by atoms with Crippen molar-refractivity contribution in [3.63, 3.8) is 0 Å². The molecule has 0 spiro atoms. The zero-order chi connectivity index (χ0) is 15.8. The molecular weight excluding hydrogens is 291 g/mol.